The number of carbonyl (C=O) groups excluding carboxylic acids is 3. The van der Waals surface area contributed by atoms with Crippen LogP contribution in [0.2, 0.25) is 0 Å². The number of hydrogen-bond acceptors (Lipinski definition) is 6. The van der Waals surface area contributed by atoms with E-state index in [1.165, 1.54) is 0 Å². The Morgan fingerprint density at radius 2 is 1.73 bits per heavy atom. The lowest BCUT2D eigenvalue weighted by Gasteiger charge is -2.31. The zero-order chi connectivity index (χ0) is 16.4. The van der Waals surface area contributed by atoms with E-state index in [0.717, 1.165) is 31.4 Å². The van der Waals surface area contributed by atoms with Crippen LogP contribution in [0.15, 0.2) is 12.2 Å². The van der Waals surface area contributed by atoms with E-state index in [1.807, 2.05) is 0 Å². The molecule has 0 spiro atoms. The topological polar surface area (TPSA) is 105 Å². The van der Waals surface area contributed by atoms with Gasteiger partial charge in [0.1, 0.15) is 5.54 Å². The molecule has 0 bridgehead atoms. The monoisotopic (exact) mass is 308 g/mol. The molecule has 0 unspecified atom stereocenters. The second-order valence-electron chi connectivity index (χ2n) is 5.00. The molecule has 1 aliphatic carbocycles. The number of esters is 2. The standard InChI is InChI=1S/C15H20N2O5/c1-2-21-13(19)6-7-14(20)22-10-12(18)17-15(11-16)8-4-3-5-9-15/h6-7H,2-5,8-10H2,1H3,(H,17,18)/b7-6+. The zero-order valence-electron chi connectivity index (χ0n) is 12.6. The number of ether oxygens (including phenoxy) is 2. The van der Waals surface area contributed by atoms with E-state index in [-0.39, 0.29) is 6.61 Å². The lowest BCUT2D eigenvalue weighted by atomic mass is 9.83. The summed E-state index contributed by atoms with van der Waals surface area (Å²) in [5.41, 5.74) is -0.859. The van der Waals surface area contributed by atoms with E-state index in [0.29, 0.717) is 12.8 Å². The van der Waals surface area contributed by atoms with E-state index in [9.17, 15) is 19.6 Å². The maximum Gasteiger partial charge on any atom is 0.331 e. The third kappa shape index (κ3) is 5.95. The molecular weight excluding hydrogens is 288 g/mol. The van der Waals surface area contributed by atoms with Gasteiger partial charge in [-0.15, -0.1) is 0 Å². The van der Waals surface area contributed by atoms with Gasteiger partial charge in [0.05, 0.1) is 12.7 Å². The van der Waals surface area contributed by atoms with Crippen molar-refractivity contribution in [3.05, 3.63) is 12.2 Å². The number of nitrogens with one attached hydrogen (secondary N) is 1. The van der Waals surface area contributed by atoms with Crippen molar-refractivity contribution >= 4 is 17.8 Å². The second-order valence-corrected chi connectivity index (χ2v) is 5.00. The number of rotatable bonds is 6. The molecule has 0 radical (unpaired) electrons. The molecule has 1 saturated carbocycles. The Bertz CT molecular complexity index is 487. The Balaban J connectivity index is 2.38. The minimum atomic E-state index is -0.859. The van der Waals surface area contributed by atoms with E-state index in [4.69, 9.17) is 4.74 Å². The Hall–Kier alpha value is -2.36. The normalized spacial score (nSPS) is 16.5. The summed E-state index contributed by atoms with van der Waals surface area (Å²) in [6.07, 6.45) is 5.85. The van der Waals surface area contributed by atoms with Gasteiger partial charge in [0, 0.05) is 12.2 Å². The number of nitriles is 1. The van der Waals surface area contributed by atoms with Gasteiger partial charge in [0.2, 0.25) is 0 Å². The molecule has 0 aliphatic heterocycles. The highest BCUT2D eigenvalue weighted by molar-refractivity contribution is 5.92. The van der Waals surface area contributed by atoms with E-state index < -0.39 is 30.0 Å². The highest BCUT2D eigenvalue weighted by Crippen LogP contribution is 2.27. The highest BCUT2D eigenvalue weighted by Gasteiger charge is 2.33. The molecule has 1 N–H and O–H groups in total. The Morgan fingerprint density at radius 1 is 1.14 bits per heavy atom. The van der Waals surface area contributed by atoms with Crippen LogP contribution in [-0.2, 0) is 23.9 Å². The third-order valence-corrected chi connectivity index (χ3v) is 3.29. The number of nitrogens with zero attached hydrogens (tertiary/aromatic N) is 1. The minimum Gasteiger partial charge on any atom is -0.463 e. The summed E-state index contributed by atoms with van der Waals surface area (Å²) >= 11 is 0. The quantitative estimate of drug-likeness (QED) is 0.579. The van der Waals surface area contributed by atoms with Crippen LogP contribution in [0.3, 0.4) is 0 Å². The first-order chi connectivity index (χ1) is 10.5. The molecule has 0 aromatic carbocycles. The summed E-state index contributed by atoms with van der Waals surface area (Å²) in [4.78, 5) is 34.1. The van der Waals surface area contributed by atoms with Gasteiger partial charge in [-0.05, 0) is 19.8 Å². The molecule has 7 heteroatoms. The molecule has 1 fully saturated rings. The van der Waals surface area contributed by atoms with Gasteiger partial charge >= 0.3 is 11.9 Å². The van der Waals surface area contributed by atoms with Gasteiger partial charge < -0.3 is 14.8 Å². The predicted molar refractivity (Wildman–Crippen MR) is 76.3 cm³/mol. The van der Waals surface area contributed by atoms with Crippen molar-refractivity contribution in [3.8, 4) is 6.07 Å². The highest BCUT2D eigenvalue weighted by atomic mass is 16.5. The average Bonchev–Trinajstić information content (AvgIpc) is 2.52. The summed E-state index contributed by atoms with van der Waals surface area (Å²) < 4.78 is 9.31. The molecule has 1 rings (SSSR count). The van der Waals surface area contributed by atoms with Gasteiger partial charge in [-0.3, -0.25) is 4.79 Å². The zero-order valence-corrected chi connectivity index (χ0v) is 12.6. The van der Waals surface area contributed by atoms with Crippen LogP contribution >= 0.6 is 0 Å². The lowest BCUT2D eigenvalue weighted by molar-refractivity contribution is -0.144. The largest absolute Gasteiger partial charge is 0.463 e. The maximum absolute atomic E-state index is 11.8. The molecule has 1 amide bonds. The summed E-state index contributed by atoms with van der Waals surface area (Å²) in [5.74, 6) is -2.01. The van der Waals surface area contributed by atoms with Gasteiger partial charge in [-0.2, -0.15) is 5.26 Å². The van der Waals surface area contributed by atoms with Crippen LogP contribution in [0.25, 0.3) is 0 Å². The first-order valence-corrected chi connectivity index (χ1v) is 7.25. The molecule has 0 atom stereocenters. The molecule has 0 aromatic heterocycles. The maximum atomic E-state index is 11.8. The van der Waals surface area contributed by atoms with Gasteiger partial charge in [0.25, 0.3) is 5.91 Å². The fraction of sp³-hybridized carbons (Fsp3) is 0.600. The molecule has 22 heavy (non-hydrogen) atoms. The lowest BCUT2D eigenvalue weighted by Crippen LogP contribution is -2.49. The SMILES string of the molecule is CCOC(=O)/C=C/C(=O)OCC(=O)NC1(C#N)CCCCC1. The Morgan fingerprint density at radius 3 is 2.27 bits per heavy atom. The van der Waals surface area contributed by atoms with Crippen LogP contribution in [0.1, 0.15) is 39.0 Å². The van der Waals surface area contributed by atoms with E-state index in [2.05, 4.69) is 16.1 Å². The smallest absolute Gasteiger partial charge is 0.331 e. The summed E-state index contributed by atoms with van der Waals surface area (Å²) in [7, 11) is 0. The summed E-state index contributed by atoms with van der Waals surface area (Å²) in [6.45, 7) is 1.36. The van der Waals surface area contributed by atoms with Gasteiger partial charge in [0.15, 0.2) is 6.61 Å². The number of amides is 1. The molecule has 0 saturated heterocycles. The molecular formula is C15H20N2O5. The number of hydrogen-bond donors (Lipinski definition) is 1. The Kier molecular flexibility index (Phi) is 7.09. The fourth-order valence-electron chi connectivity index (χ4n) is 2.23. The minimum absolute atomic E-state index is 0.205. The van der Waals surface area contributed by atoms with Gasteiger partial charge in [-0.1, -0.05) is 19.3 Å². The van der Waals surface area contributed by atoms with Crippen molar-refractivity contribution in [3.63, 3.8) is 0 Å². The molecule has 1 aliphatic rings. The van der Waals surface area contributed by atoms with Crippen LogP contribution in [0.4, 0.5) is 0 Å². The van der Waals surface area contributed by atoms with Crippen LogP contribution in [0, 0.1) is 11.3 Å². The first-order valence-electron chi connectivity index (χ1n) is 7.25. The molecule has 120 valence electrons. The Labute approximate surface area is 129 Å². The van der Waals surface area contributed by atoms with Crippen molar-refractivity contribution in [2.45, 2.75) is 44.6 Å². The van der Waals surface area contributed by atoms with E-state index in [1.54, 1.807) is 6.92 Å². The average molecular weight is 308 g/mol. The second kappa shape index (κ2) is 8.82. The van der Waals surface area contributed by atoms with Crippen LogP contribution in [-0.4, -0.2) is 36.6 Å². The summed E-state index contributed by atoms with van der Waals surface area (Å²) in [5, 5.41) is 11.9. The molecule has 7 nitrogen and oxygen atoms in total. The van der Waals surface area contributed by atoms with Crippen molar-refractivity contribution in [2.75, 3.05) is 13.2 Å². The van der Waals surface area contributed by atoms with Crippen molar-refractivity contribution in [1.29, 1.82) is 5.26 Å². The predicted octanol–water partition coefficient (Wildman–Crippen LogP) is 0.992. The molecule has 0 aromatic rings. The summed E-state index contributed by atoms with van der Waals surface area (Å²) in [6, 6.07) is 2.14. The third-order valence-electron chi connectivity index (χ3n) is 3.29. The van der Waals surface area contributed by atoms with Crippen LogP contribution < -0.4 is 5.32 Å². The van der Waals surface area contributed by atoms with Crippen LogP contribution in [0.5, 0.6) is 0 Å². The van der Waals surface area contributed by atoms with Crippen molar-refractivity contribution < 1.29 is 23.9 Å². The first kappa shape index (κ1) is 17.7. The van der Waals surface area contributed by atoms with Gasteiger partial charge in [-0.25, -0.2) is 9.59 Å². The van der Waals surface area contributed by atoms with Crippen molar-refractivity contribution in [1.82, 2.24) is 5.32 Å². The number of carbonyl (C=O) groups is 3. The fourth-order valence-corrected chi connectivity index (χ4v) is 2.23. The van der Waals surface area contributed by atoms with Crippen molar-refractivity contribution in [2.24, 2.45) is 0 Å². The molecule has 0 heterocycles. The van der Waals surface area contributed by atoms with E-state index >= 15 is 0 Å².